The molecule has 0 radical (unpaired) electrons. The lowest BCUT2D eigenvalue weighted by atomic mass is 10.6. The molecule has 0 amide bonds. The Morgan fingerprint density at radius 2 is 1.64 bits per heavy atom. The molecule has 11 heavy (non-hydrogen) atoms. The molecule has 1 aliphatic heterocycles. The van der Waals surface area contributed by atoms with Crippen LogP contribution in [0, 0.1) is 0 Å². The first kappa shape index (κ1) is 9.22. The predicted octanol–water partition coefficient (Wildman–Crippen LogP) is 2.56. The highest BCUT2D eigenvalue weighted by molar-refractivity contribution is 7.39. The molecule has 0 spiro atoms. The predicted molar refractivity (Wildman–Crippen MR) is 54.9 cm³/mol. The minimum atomic E-state index is -1.28. The summed E-state index contributed by atoms with van der Waals surface area (Å²) in [7, 11) is -0.386. The van der Waals surface area contributed by atoms with Gasteiger partial charge < -0.3 is 4.43 Å². The van der Waals surface area contributed by atoms with Crippen LogP contribution < -0.4 is 0 Å². The summed E-state index contributed by atoms with van der Waals surface area (Å²) in [5, 5.41) is 0. The largest absolute Gasteiger partial charge is 0.422 e. The standard InChI is InChI=1S/C8H18OSi2/c1-9-11(10(2,3)4)7-5-6-8-11/h5-6H,7-8H2,1-4H3. The summed E-state index contributed by atoms with van der Waals surface area (Å²) < 4.78 is 5.80. The van der Waals surface area contributed by atoms with Crippen LogP contribution in [0.2, 0.25) is 31.7 Å². The van der Waals surface area contributed by atoms with E-state index in [1.165, 1.54) is 12.1 Å². The molecule has 0 aliphatic carbocycles. The fourth-order valence-electron chi connectivity index (χ4n) is 1.72. The molecular weight excluding hydrogens is 168 g/mol. The Hall–Kier alpha value is 0.134. The molecule has 1 rings (SSSR count). The van der Waals surface area contributed by atoms with Crippen molar-refractivity contribution in [2.24, 2.45) is 0 Å². The smallest absolute Gasteiger partial charge is 0.186 e. The molecule has 0 aromatic carbocycles. The van der Waals surface area contributed by atoms with E-state index in [9.17, 15) is 0 Å². The van der Waals surface area contributed by atoms with Crippen LogP contribution in [0.15, 0.2) is 12.2 Å². The number of allylic oxidation sites excluding steroid dienone is 2. The van der Waals surface area contributed by atoms with Gasteiger partial charge in [0.05, 0.1) is 7.59 Å². The van der Waals surface area contributed by atoms with E-state index < -0.39 is 15.4 Å². The lowest BCUT2D eigenvalue weighted by Gasteiger charge is -2.36. The molecule has 0 saturated heterocycles. The zero-order chi connectivity index (χ0) is 8.54. The van der Waals surface area contributed by atoms with Crippen LogP contribution in [0.5, 0.6) is 0 Å². The average molecular weight is 186 g/mol. The van der Waals surface area contributed by atoms with Crippen molar-refractivity contribution in [2.45, 2.75) is 31.7 Å². The van der Waals surface area contributed by atoms with E-state index in [2.05, 4.69) is 31.8 Å². The van der Waals surface area contributed by atoms with Crippen LogP contribution in [0.25, 0.3) is 0 Å². The fourth-order valence-corrected chi connectivity index (χ4v) is 11.4. The van der Waals surface area contributed by atoms with Gasteiger partial charge in [0.25, 0.3) is 0 Å². The molecule has 0 unspecified atom stereocenters. The molecule has 0 aromatic heterocycles. The first-order chi connectivity index (χ1) is 5.02. The molecule has 0 fully saturated rings. The van der Waals surface area contributed by atoms with E-state index in [1.54, 1.807) is 0 Å². The van der Waals surface area contributed by atoms with Crippen molar-refractivity contribution in [2.75, 3.05) is 7.11 Å². The molecule has 0 atom stereocenters. The average Bonchev–Trinajstić information content (AvgIpc) is 2.33. The molecule has 1 heterocycles. The summed E-state index contributed by atoms with van der Waals surface area (Å²) in [4.78, 5) is 0. The second kappa shape index (κ2) is 2.88. The van der Waals surface area contributed by atoms with E-state index in [4.69, 9.17) is 4.43 Å². The van der Waals surface area contributed by atoms with E-state index in [0.29, 0.717) is 0 Å². The normalized spacial score (nSPS) is 22.5. The number of rotatable bonds is 2. The topological polar surface area (TPSA) is 9.23 Å². The van der Waals surface area contributed by atoms with Gasteiger partial charge in [0, 0.05) is 7.11 Å². The van der Waals surface area contributed by atoms with Crippen molar-refractivity contribution in [3.63, 3.8) is 0 Å². The maximum Gasteiger partial charge on any atom is 0.186 e. The first-order valence-corrected chi connectivity index (χ1v) is 11.0. The minimum Gasteiger partial charge on any atom is -0.422 e. The molecule has 64 valence electrons. The maximum absolute atomic E-state index is 5.80. The molecule has 0 saturated carbocycles. The molecule has 0 aromatic rings. The van der Waals surface area contributed by atoms with Crippen molar-refractivity contribution in [1.29, 1.82) is 0 Å². The highest BCUT2D eigenvalue weighted by Crippen LogP contribution is 2.32. The van der Waals surface area contributed by atoms with Gasteiger partial charge in [-0.15, -0.1) is 0 Å². The van der Waals surface area contributed by atoms with Crippen molar-refractivity contribution in [3.8, 4) is 0 Å². The van der Waals surface area contributed by atoms with Crippen molar-refractivity contribution >= 4 is 15.4 Å². The van der Waals surface area contributed by atoms with E-state index >= 15 is 0 Å². The minimum absolute atomic E-state index is 1.02. The Bertz CT molecular complexity index is 161. The van der Waals surface area contributed by atoms with Gasteiger partial charge in [-0.3, -0.25) is 0 Å². The third kappa shape index (κ3) is 1.50. The van der Waals surface area contributed by atoms with Gasteiger partial charge >= 0.3 is 0 Å². The Labute approximate surface area is 71.4 Å². The summed E-state index contributed by atoms with van der Waals surface area (Å²) in [5.41, 5.74) is 0. The van der Waals surface area contributed by atoms with E-state index in [0.717, 1.165) is 0 Å². The molecule has 1 nitrogen and oxygen atoms in total. The lowest BCUT2D eigenvalue weighted by Crippen LogP contribution is -2.57. The van der Waals surface area contributed by atoms with Gasteiger partial charge in [0.15, 0.2) is 7.83 Å². The monoisotopic (exact) mass is 186 g/mol. The van der Waals surface area contributed by atoms with E-state index in [-0.39, 0.29) is 0 Å². The molecule has 0 N–H and O–H groups in total. The third-order valence-corrected chi connectivity index (χ3v) is 18.2. The lowest BCUT2D eigenvalue weighted by molar-refractivity contribution is 0.414. The van der Waals surface area contributed by atoms with Crippen molar-refractivity contribution < 1.29 is 4.43 Å². The van der Waals surface area contributed by atoms with Crippen LogP contribution in [-0.4, -0.2) is 22.5 Å². The van der Waals surface area contributed by atoms with Gasteiger partial charge in [-0.05, 0) is 12.1 Å². The van der Waals surface area contributed by atoms with Gasteiger partial charge in [0.1, 0.15) is 0 Å². The summed E-state index contributed by atoms with van der Waals surface area (Å²) in [6.45, 7) is 7.32. The summed E-state index contributed by atoms with van der Waals surface area (Å²) in [6.07, 6.45) is 4.63. The Kier molecular flexibility index (Phi) is 2.41. The molecular formula is C8H18OSi2. The second-order valence-electron chi connectivity index (χ2n) is 4.33. The highest BCUT2D eigenvalue weighted by Gasteiger charge is 2.46. The fraction of sp³-hybridized carbons (Fsp3) is 0.750. The molecule has 3 heteroatoms. The maximum atomic E-state index is 5.80. The van der Waals surface area contributed by atoms with Gasteiger partial charge in [-0.1, -0.05) is 31.8 Å². The first-order valence-electron chi connectivity index (χ1n) is 4.22. The number of hydrogen-bond donors (Lipinski definition) is 0. The zero-order valence-electron chi connectivity index (χ0n) is 7.98. The summed E-state index contributed by atoms with van der Waals surface area (Å²) in [5.74, 6) is 0. The highest BCUT2D eigenvalue weighted by atomic mass is 29.3. The molecule has 0 bridgehead atoms. The SMILES string of the molecule is CO[Si]1([Si](C)(C)C)CC=CC1. The quantitative estimate of drug-likeness (QED) is 0.476. The molecule has 1 aliphatic rings. The Balaban J connectivity index is 2.77. The van der Waals surface area contributed by atoms with Crippen LogP contribution in [-0.2, 0) is 4.43 Å². The third-order valence-electron chi connectivity index (χ3n) is 2.82. The van der Waals surface area contributed by atoms with Crippen molar-refractivity contribution in [1.82, 2.24) is 0 Å². The summed E-state index contributed by atoms with van der Waals surface area (Å²) in [6, 6.07) is 2.53. The van der Waals surface area contributed by atoms with Crippen molar-refractivity contribution in [3.05, 3.63) is 12.2 Å². The van der Waals surface area contributed by atoms with Crippen LogP contribution in [0.1, 0.15) is 0 Å². The van der Waals surface area contributed by atoms with Crippen LogP contribution >= 0.6 is 0 Å². The summed E-state index contributed by atoms with van der Waals surface area (Å²) >= 11 is 0. The van der Waals surface area contributed by atoms with Gasteiger partial charge in [-0.25, -0.2) is 0 Å². The Morgan fingerprint density at radius 1 is 1.18 bits per heavy atom. The van der Waals surface area contributed by atoms with Crippen LogP contribution in [0.3, 0.4) is 0 Å². The second-order valence-corrected chi connectivity index (χ2v) is 19.3. The number of hydrogen-bond acceptors (Lipinski definition) is 1. The van der Waals surface area contributed by atoms with Gasteiger partial charge in [-0.2, -0.15) is 0 Å². The van der Waals surface area contributed by atoms with Crippen LogP contribution in [0.4, 0.5) is 0 Å². The van der Waals surface area contributed by atoms with E-state index in [1.807, 2.05) is 7.11 Å². The zero-order valence-corrected chi connectivity index (χ0v) is 9.98. The van der Waals surface area contributed by atoms with Gasteiger partial charge in [0.2, 0.25) is 0 Å². The Morgan fingerprint density at radius 3 is 1.82 bits per heavy atom.